The zero-order valence-electron chi connectivity index (χ0n) is 8.32. The van der Waals surface area contributed by atoms with Crippen LogP contribution in [-0.2, 0) is 4.74 Å². The third kappa shape index (κ3) is 2.00. The summed E-state index contributed by atoms with van der Waals surface area (Å²) in [7, 11) is 0. The molecule has 0 radical (unpaired) electrons. The van der Waals surface area contributed by atoms with Gasteiger partial charge in [0, 0.05) is 12.5 Å². The quantitative estimate of drug-likeness (QED) is 0.721. The molecular weight excluding hydrogens is 182 g/mol. The molecule has 1 saturated heterocycles. The van der Waals surface area contributed by atoms with Crippen molar-refractivity contribution in [3.63, 3.8) is 0 Å². The highest BCUT2D eigenvalue weighted by molar-refractivity contribution is 5.69. The van der Waals surface area contributed by atoms with Crippen LogP contribution >= 0.6 is 0 Å². The van der Waals surface area contributed by atoms with Crippen molar-refractivity contribution in [2.24, 2.45) is 5.92 Å². The molecule has 1 saturated carbocycles. The van der Waals surface area contributed by atoms with E-state index in [1.165, 1.54) is 6.42 Å². The standard InChI is InChI=1S/C10H17NO3/c12-9-4-2-1-3-8(9)7-11-5-6-14-10(11)13/h8-9,12H,1-7H2. The molecule has 14 heavy (non-hydrogen) atoms. The van der Waals surface area contributed by atoms with Crippen LogP contribution in [0.2, 0.25) is 0 Å². The molecule has 80 valence electrons. The van der Waals surface area contributed by atoms with E-state index < -0.39 is 0 Å². The summed E-state index contributed by atoms with van der Waals surface area (Å²) < 4.78 is 4.85. The van der Waals surface area contributed by atoms with E-state index in [0.29, 0.717) is 19.7 Å². The fourth-order valence-electron chi connectivity index (χ4n) is 2.28. The van der Waals surface area contributed by atoms with Gasteiger partial charge in [-0.05, 0) is 12.8 Å². The lowest BCUT2D eigenvalue weighted by Gasteiger charge is -2.30. The van der Waals surface area contributed by atoms with Gasteiger partial charge in [0.05, 0.1) is 12.6 Å². The van der Waals surface area contributed by atoms with Crippen molar-refractivity contribution in [2.45, 2.75) is 31.8 Å². The van der Waals surface area contributed by atoms with Gasteiger partial charge in [-0.3, -0.25) is 0 Å². The lowest BCUT2D eigenvalue weighted by atomic mass is 9.86. The minimum absolute atomic E-state index is 0.220. The van der Waals surface area contributed by atoms with Gasteiger partial charge in [-0.1, -0.05) is 12.8 Å². The van der Waals surface area contributed by atoms with E-state index in [1.807, 2.05) is 0 Å². The second-order valence-electron chi connectivity index (χ2n) is 4.17. The molecule has 2 unspecified atom stereocenters. The van der Waals surface area contributed by atoms with Crippen molar-refractivity contribution in [1.29, 1.82) is 0 Å². The number of cyclic esters (lactones) is 1. The molecule has 1 aliphatic heterocycles. The van der Waals surface area contributed by atoms with Crippen molar-refractivity contribution >= 4 is 6.09 Å². The summed E-state index contributed by atoms with van der Waals surface area (Å²) in [5, 5.41) is 9.74. The second-order valence-corrected chi connectivity index (χ2v) is 4.17. The first-order valence-corrected chi connectivity index (χ1v) is 5.37. The molecule has 1 N–H and O–H groups in total. The van der Waals surface area contributed by atoms with Crippen molar-refractivity contribution in [2.75, 3.05) is 19.7 Å². The Morgan fingerprint density at radius 2 is 2.21 bits per heavy atom. The lowest BCUT2D eigenvalue weighted by molar-refractivity contribution is 0.0543. The van der Waals surface area contributed by atoms with Gasteiger partial charge < -0.3 is 14.7 Å². The smallest absolute Gasteiger partial charge is 0.409 e. The number of nitrogens with zero attached hydrogens (tertiary/aromatic N) is 1. The molecule has 1 heterocycles. The predicted octanol–water partition coefficient (Wildman–Crippen LogP) is 0.990. The van der Waals surface area contributed by atoms with E-state index in [2.05, 4.69) is 0 Å². The molecule has 1 aliphatic carbocycles. The summed E-state index contributed by atoms with van der Waals surface area (Å²) in [5.41, 5.74) is 0. The number of carbonyl (C=O) groups excluding carboxylic acids is 1. The summed E-state index contributed by atoms with van der Waals surface area (Å²) in [6.07, 6.45) is 3.76. The molecule has 2 aliphatic rings. The summed E-state index contributed by atoms with van der Waals surface area (Å²) in [6, 6.07) is 0. The van der Waals surface area contributed by atoms with Crippen LogP contribution < -0.4 is 0 Å². The zero-order valence-corrected chi connectivity index (χ0v) is 8.32. The van der Waals surface area contributed by atoms with E-state index in [4.69, 9.17) is 4.74 Å². The highest BCUT2D eigenvalue weighted by Gasteiger charge is 2.29. The maximum atomic E-state index is 11.2. The van der Waals surface area contributed by atoms with E-state index in [-0.39, 0.29) is 18.1 Å². The summed E-state index contributed by atoms with van der Waals surface area (Å²) in [5.74, 6) is 0.259. The number of aliphatic hydroxyl groups excluding tert-OH is 1. The van der Waals surface area contributed by atoms with Crippen LogP contribution in [0.4, 0.5) is 4.79 Å². The van der Waals surface area contributed by atoms with Gasteiger partial charge in [-0.25, -0.2) is 4.79 Å². The van der Waals surface area contributed by atoms with Gasteiger partial charge in [0.15, 0.2) is 0 Å². The Labute approximate surface area is 83.8 Å². The molecule has 0 spiro atoms. The molecule has 0 aromatic rings. The maximum absolute atomic E-state index is 11.2. The Morgan fingerprint density at radius 1 is 1.43 bits per heavy atom. The van der Waals surface area contributed by atoms with Crippen LogP contribution in [0, 0.1) is 5.92 Å². The Balaban J connectivity index is 1.86. The Hall–Kier alpha value is -0.770. The summed E-state index contributed by atoms with van der Waals surface area (Å²) in [6.45, 7) is 1.85. The monoisotopic (exact) mass is 199 g/mol. The second kappa shape index (κ2) is 4.17. The molecule has 2 fully saturated rings. The number of carbonyl (C=O) groups is 1. The Morgan fingerprint density at radius 3 is 2.86 bits per heavy atom. The average molecular weight is 199 g/mol. The van der Waals surface area contributed by atoms with Crippen molar-refractivity contribution in [3.8, 4) is 0 Å². The summed E-state index contributed by atoms with van der Waals surface area (Å²) >= 11 is 0. The largest absolute Gasteiger partial charge is 0.448 e. The number of hydrogen-bond acceptors (Lipinski definition) is 3. The molecule has 2 rings (SSSR count). The van der Waals surface area contributed by atoms with Gasteiger partial charge >= 0.3 is 6.09 Å². The molecule has 0 aromatic heterocycles. The van der Waals surface area contributed by atoms with Gasteiger partial charge in [-0.2, -0.15) is 0 Å². The number of hydrogen-bond donors (Lipinski definition) is 1. The molecular formula is C10H17NO3. The maximum Gasteiger partial charge on any atom is 0.409 e. The molecule has 4 nitrogen and oxygen atoms in total. The SMILES string of the molecule is O=C1OCCN1CC1CCCCC1O. The molecule has 0 bridgehead atoms. The first-order chi connectivity index (χ1) is 6.77. The number of aliphatic hydroxyl groups is 1. The van der Waals surface area contributed by atoms with Crippen LogP contribution in [0.25, 0.3) is 0 Å². The Bertz CT molecular complexity index is 219. The molecule has 2 atom stereocenters. The van der Waals surface area contributed by atoms with Crippen LogP contribution in [0.3, 0.4) is 0 Å². The molecule has 4 heteroatoms. The van der Waals surface area contributed by atoms with Crippen molar-refractivity contribution in [3.05, 3.63) is 0 Å². The topological polar surface area (TPSA) is 49.8 Å². The van der Waals surface area contributed by atoms with E-state index in [9.17, 15) is 9.90 Å². The Kier molecular flexibility index (Phi) is 2.91. The van der Waals surface area contributed by atoms with E-state index >= 15 is 0 Å². The fourth-order valence-corrected chi connectivity index (χ4v) is 2.28. The van der Waals surface area contributed by atoms with Gasteiger partial charge in [0.25, 0.3) is 0 Å². The average Bonchev–Trinajstić information content (AvgIpc) is 2.56. The van der Waals surface area contributed by atoms with Crippen LogP contribution in [0.1, 0.15) is 25.7 Å². The first-order valence-electron chi connectivity index (χ1n) is 5.37. The summed E-state index contributed by atoms with van der Waals surface area (Å²) in [4.78, 5) is 12.9. The van der Waals surface area contributed by atoms with Crippen molar-refractivity contribution < 1.29 is 14.6 Å². The number of ether oxygens (including phenoxy) is 1. The normalized spacial score (nSPS) is 33.2. The van der Waals surface area contributed by atoms with Gasteiger partial charge in [0.2, 0.25) is 0 Å². The van der Waals surface area contributed by atoms with Crippen LogP contribution in [-0.4, -0.2) is 41.9 Å². The van der Waals surface area contributed by atoms with Gasteiger partial charge in [0.1, 0.15) is 6.61 Å². The highest BCUT2D eigenvalue weighted by atomic mass is 16.6. The van der Waals surface area contributed by atoms with E-state index in [0.717, 1.165) is 19.3 Å². The molecule has 0 aromatic carbocycles. The van der Waals surface area contributed by atoms with Crippen LogP contribution in [0.5, 0.6) is 0 Å². The number of rotatable bonds is 2. The fraction of sp³-hybridized carbons (Fsp3) is 0.900. The van der Waals surface area contributed by atoms with Crippen molar-refractivity contribution in [1.82, 2.24) is 4.90 Å². The predicted molar refractivity (Wildman–Crippen MR) is 50.9 cm³/mol. The minimum atomic E-state index is -0.225. The highest BCUT2D eigenvalue weighted by Crippen LogP contribution is 2.25. The third-order valence-corrected chi connectivity index (χ3v) is 3.17. The minimum Gasteiger partial charge on any atom is -0.448 e. The number of amides is 1. The third-order valence-electron chi connectivity index (χ3n) is 3.17. The zero-order chi connectivity index (χ0) is 9.97. The van der Waals surface area contributed by atoms with Crippen LogP contribution in [0.15, 0.2) is 0 Å². The lowest BCUT2D eigenvalue weighted by Crippen LogP contribution is -2.37. The van der Waals surface area contributed by atoms with Gasteiger partial charge in [-0.15, -0.1) is 0 Å². The molecule has 1 amide bonds. The van der Waals surface area contributed by atoms with E-state index in [1.54, 1.807) is 4.90 Å². The first kappa shape index (κ1) is 9.77.